The summed E-state index contributed by atoms with van der Waals surface area (Å²) < 4.78 is 19.2. The van der Waals surface area contributed by atoms with Gasteiger partial charge in [-0.1, -0.05) is 18.2 Å². The first-order valence-corrected chi connectivity index (χ1v) is 8.52. The number of likely N-dealkylation sites (tertiary alicyclic amines) is 1. The molecule has 1 aliphatic heterocycles. The molecule has 1 saturated carbocycles. The monoisotopic (exact) mass is 447 g/mol. The fourth-order valence-electron chi connectivity index (χ4n) is 3.42. The van der Waals surface area contributed by atoms with Crippen molar-refractivity contribution in [1.82, 2.24) is 10.2 Å². The average Bonchev–Trinajstić information content (AvgIpc) is 3.14. The standard InChI is InChI=1S/C18H26FN3O.HI/c1-3-20-18(22-9-8-13(11-22)12-23-2)21-17-10-15(17)14-6-4-5-7-16(14)19;/h4-7,13,15,17H,3,8-12H2,1-2H3,(H,20,21);1H. The van der Waals surface area contributed by atoms with E-state index in [1.54, 1.807) is 19.2 Å². The molecule has 6 heteroatoms. The maximum absolute atomic E-state index is 13.9. The molecule has 24 heavy (non-hydrogen) atoms. The Balaban J connectivity index is 0.00000208. The lowest BCUT2D eigenvalue weighted by atomic mass is 10.1. The van der Waals surface area contributed by atoms with Gasteiger partial charge in [-0.25, -0.2) is 4.39 Å². The van der Waals surface area contributed by atoms with Crippen molar-refractivity contribution in [2.24, 2.45) is 10.9 Å². The van der Waals surface area contributed by atoms with Crippen LogP contribution in [-0.4, -0.2) is 50.3 Å². The highest BCUT2D eigenvalue weighted by molar-refractivity contribution is 14.0. The number of methoxy groups -OCH3 is 1. The third-order valence-electron chi connectivity index (χ3n) is 4.71. The van der Waals surface area contributed by atoms with Crippen molar-refractivity contribution in [2.75, 3.05) is 33.4 Å². The summed E-state index contributed by atoms with van der Waals surface area (Å²) >= 11 is 0. The first kappa shape index (κ1) is 19.4. The van der Waals surface area contributed by atoms with Crippen LogP contribution in [0.25, 0.3) is 0 Å². The molecule has 3 rings (SSSR count). The second-order valence-corrected chi connectivity index (χ2v) is 6.47. The molecule has 3 atom stereocenters. The van der Waals surface area contributed by atoms with Gasteiger partial charge in [-0.05, 0) is 31.4 Å². The van der Waals surface area contributed by atoms with Crippen LogP contribution in [0.2, 0.25) is 0 Å². The van der Waals surface area contributed by atoms with Gasteiger partial charge in [0.05, 0.1) is 6.61 Å². The number of rotatable bonds is 5. The number of nitrogens with zero attached hydrogens (tertiary/aromatic N) is 2. The maximum atomic E-state index is 13.9. The second-order valence-electron chi connectivity index (χ2n) is 6.47. The van der Waals surface area contributed by atoms with Crippen LogP contribution in [0.3, 0.4) is 0 Å². The second kappa shape index (κ2) is 8.99. The molecule has 2 fully saturated rings. The zero-order valence-electron chi connectivity index (χ0n) is 14.4. The molecule has 134 valence electrons. The van der Waals surface area contributed by atoms with Crippen LogP contribution in [0.1, 0.15) is 31.2 Å². The normalized spacial score (nSPS) is 26.2. The minimum atomic E-state index is -0.0999. The van der Waals surface area contributed by atoms with Gasteiger partial charge in [-0.15, -0.1) is 24.0 Å². The van der Waals surface area contributed by atoms with Gasteiger partial charge in [-0.2, -0.15) is 0 Å². The van der Waals surface area contributed by atoms with Gasteiger partial charge in [0.15, 0.2) is 5.96 Å². The van der Waals surface area contributed by atoms with Crippen molar-refractivity contribution in [3.63, 3.8) is 0 Å². The molecule has 4 nitrogen and oxygen atoms in total. The predicted octanol–water partition coefficient (Wildman–Crippen LogP) is 3.23. The Morgan fingerprint density at radius 3 is 2.92 bits per heavy atom. The van der Waals surface area contributed by atoms with Crippen molar-refractivity contribution >= 4 is 29.9 Å². The molecule has 3 unspecified atom stereocenters. The van der Waals surface area contributed by atoms with E-state index in [4.69, 9.17) is 4.74 Å². The third-order valence-corrected chi connectivity index (χ3v) is 4.71. The largest absolute Gasteiger partial charge is 0.384 e. The van der Waals surface area contributed by atoms with E-state index in [0.717, 1.165) is 50.6 Å². The van der Waals surface area contributed by atoms with Crippen LogP contribution < -0.4 is 5.32 Å². The van der Waals surface area contributed by atoms with Crippen molar-refractivity contribution in [2.45, 2.75) is 31.7 Å². The van der Waals surface area contributed by atoms with E-state index in [1.807, 2.05) is 19.1 Å². The molecule has 1 aromatic rings. The zero-order valence-corrected chi connectivity index (χ0v) is 16.7. The molecular formula is C18H27FIN3O. The Labute approximate surface area is 160 Å². The van der Waals surface area contributed by atoms with E-state index in [-0.39, 0.29) is 35.7 Å². The smallest absolute Gasteiger partial charge is 0.194 e. The number of nitrogens with one attached hydrogen (secondary N) is 1. The summed E-state index contributed by atoms with van der Waals surface area (Å²) in [6, 6.07) is 7.38. The van der Waals surface area contributed by atoms with Gasteiger partial charge in [0.1, 0.15) is 5.82 Å². The molecule has 2 aliphatic rings. The summed E-state index contributed by atoms with van der Waals surface area (Å²) in [6.07, 6.45) is 2.11. The molecular weight excluding hydrogens is 420 g/mol. The number of guanidine groups is 1. The number of ether oxygens (including phenoxy) is 1. The molecule has 1 aromatic carbocycles. The number of hydrogen-bond acceptors (Lipinski definition) is 2. The summed E-state index contributed by atoms with van der Waals surface area (Å²) in [5, 5.41) is 3.54. The number of halogens is 2. The van der Waals surface area contributed by atoms with Crippen LogP contribution in [0.15, 0.2) is 29.3 Å². The Hall–Kier alpha value is -0.890. The minimum Gasteiger partial charge on any atom is -0.384 e. The first-order valence-electron chi connectivity index (χ1n) is 8.52. The minimum absolute atomic E-state index is 0. The summed E-state index contributed by atoms with van der Waals surface area (Å²) in [7, 11) is 1.76. The Morgan fingerprint density at radius 1 is 1.42 bits per heavy atom. The molecule has 0 bridgehead atoms. The summed E-state index contributed by atoms with van der Waals surface area (Å²) in [4.78, 5) is 6.94. The van der Waals surface area contributed by atoms with E-state index in [0.29, 0.717) is 12.0 Å². The molecule has 1 saturated heterocycles. The lowest BCUT2D eigenvalue weighted by Gasteiger charge is -2.22. The van der Waals surface area contributed by atoms with Crippen LogP contribution >= 0.6 is 24.0 Å². The third kappa shape index (κ3) is 4.59. The predicted molar refractivity (Wildman–Crippen MR) is 106 cm³/mol. The van der Waals surface area contributed by atoms with Gasteiger partial charge < -0.3 is 15.0 Å². The number of aliphatic imine (C=N–C) groups is 1. The SMILES string of the molecule is CCN=C(NC1CC1c1ccccc1F)N1CCC(COC)C1.I. The van der Waals surface area contributed by atoms with Gasteiger partial charge in [0.25, 0.3) is 0 Å². The molecule has 1 heterocycles. The highest BCUT2D eigenvalue weighted by Gasteiger charge is 2.41. The van der Waals surface area contributed by atoms with Gasteiger partial charge >= 0.3 is 0 Å². The van der Waals surface area contributed by atoms with E-state index >= 15 is 0 Å². The van der Waals surface area contributed by atoms with E-state index in [2.05, 4.69) is 15.2 Å². The molecule has 1 N–H and O–H groups in total. The first-order chi connectivity index (χ1) is 11.2. The van der Waals surface area contributed by atoms with Crippen LogP contribution in [-0.2, 0) is 4.74 Å². The molecule has 0 spiro atoms. The zero-order chi connectivity index (χ0) is 16.2. The van der Waals surface area contributed by atoms with Crippen LogP contribution in [0, 0.1) is 11.7 Å². The average molecular weight is 447 g/mol. The van der Waals surface area contributed by atoms with Gasteiger partial charge in [0.2, 0.25) is 0 Å². The lowest BCUT2D eigenvalue weighted by Crippen LogP contribution is -2.42. The van der Waals surface area contributed by atoms with Crippen molar-refractivity contribution in [1.29, 1.82) is 0 Å². The molecule has 0 aromatic heterocycles. The lowest BCUT2D eigenvalue weighted by molar-refractivity contribution is 0.157. The van der Waals surface area contributed by atoms with Crippen molar-refractivity contribution in [3.8, 4) is 0 Å². The topological polar surface area (TPSA) is 36.9 Å². The van der Waals surface area contributed by atoms with Crippen molar-refractivity contribution in [3.05, 3.63) is 35.6 Å². The summed E-state index contributed by atoms with van der Waals surface area (Å²) in [5.41, 5.74) is 0.819. The van der Waals surface area contributed by atoms with E-state index < -0.39 is 0 Å². The van der Waals surface area contributed by atoms with Crippen LogP contribution in [0.5, 0.6) is 0 Å². The fraction of sp³-hybridized carbons (Fsp3) is 0.611. The Morgan fingerprint density at radius 2 is 2.21 bits per heavy atom. The Kier molecular flexibility index (Phi) is 7.28. The molecule has 0 radical (unpaired) electrons. The maximum Gasteiger partial charge on any atom is 0.194 e. The number of benzene rings is 1. The van der Waals surface area contributed by atoms with E-state index in [9.17, 15) is 4.39 Å². The van der Waals surface area contributed by atoms with E-state index in [1.165, 1.54) is 0 Å². The Bertz CT molecular complexity index is 569. The number of hydrogen-bond donors (Lipinski definition) is 1. The quantitative estimate of drug-likeness (QED) is 0.428. The molecule has 0 amide bonds. The van der Waals surface area contributed by atoms with Gasteiger partial charge in [0, 0.05) is 44.6 Å². The highest BCUT2D eigenvalue weighted by atomic mass is 127. The van der Waals surface area contributed by atoms with Gasteiger partial charge in [-0.3, -0.25) is 4.99 Å². The fourth-order valence-corrected chi connectivity index (χ4v) is 3.42. The summed E-state index contributed by atoms with van der Waals surface area (Å²) in [6.45, 7) is 5.60. The highest BCUT2D eigenvalue weighted by Crippen LogP contribution is 2.42. The molecule has 1 aliphatic carbocycles. The van der Waals surface area contributed by atoms with Crippen molar-refractivity contribution < 1.29 is 9.13 Å². The van der Waals surface area contributed by atoms with Crippen LogP contribution in [0.4, 0.5) is 4.39 Å². The summed E-state index contributed by atoms with van der Waals surface area (Å²) in [5.74, 6) is 1.70.